The number of nitrogens with zero attached hydrogens (tertiary/aromatic N) is 3. The van der Waals surface area contributed by atoms with Crippen molar-refractivity contribution in [3.8, 4) is 22.4 Å². The minimum absolute atomic E-state index is 0.680. The fourth-order valence-corrected chi connectivity index (χ4v) is 7.45. The zero-order valence-electron chi connectivity index (χ0n) is 21.4. The predicted molar refractivity (Wildman–Crippen MR) is 169 cm³/mol. The topological polar surface area (TPSA) is 29.0 Å². The summed E-state index contributed by atoms with van der Waals surface area (Å²) in [5.41, 5.74) is 7.66. The molecule has 186 valence electrons. The summed E-state index contributed by atoms with van der Waals surface area (Å²) in [4.78, 5) is 12.8. The van der Waals surface area contributed by atoms with Crippen LogP contribution in [0.3, 0.4) is 0 Å². The molecule has 4 heteroatoms. The highest BCUT2D eigenvalue weighted by Crippen LogP contribution is 2.50. The van der Waals surface area contributed by atoms with Crippen LogP contribution in [0, 0.1) is 0 Å². The molecule has 0 saturated heterocycles. The SMILES string of the molecule is c1ccc2c(c1)-c1cccc3cccc(c13)N2c1nc(-c2cccc3sc4ccccc4c23)c2ccccc2n1. The van der Waals surface area contributed by atoms with Crippen LogP contribution in [-0.4, -0.2) is 9.97 Å². The van der Waals surface area contributed by atoms with Crippen LogP contribution in [0.2, 0.25) is 0 Å². The number of hydrogen-bond acceptors (Lipinski definition) is 4. The van der Waals surface area contributed by atoms with Gasteiger partial charge in [-0.25, -0.2) is 9.97 Å². The smallest absolute Gasteiger partial charge is 0.235 e. The molecule has 0 saturated carbocycles. The van der Waals surface area contributed by atoms with E-state index in [1.807, 2.05) is 11.3 Å². The van der Waals surface area contributed by atoms with Crippen LogP contribution in [-0.2, 0) is 0 Å². The minimum atomic E-state index is 0.680. The van der Waals surface area contributed by atoms with Crippen molar-refractivity contribution in [3.63, 3.8) is 0 Å². The summed E-state index contributed by atoms with van der Waals surface area (Å²) >= 11 is 1.83. The fourth-order valence-electron chi connectivity index (χ4n) is 6.32. The molecular formula is C36H21N3S. The van der Waals surface area contributed by atoms with Crippen LogP contribution in [0.4, 0.5) is 17.3 Å². The predicted octanol–water partition coefficient (Wildman–Crippen LogP) is 10.3. The Kier molecular flexibility index (Phi) is 4.48. The number of anilines is 3. The normalized spacial score (nSPS) is 12.4. The summed E-state index contributed by atoms with van der Waals surface area (Å²) in [6, 6.07) is 45.2. The van der Waals surface area contributed by atoms with E-state index in [0.29, 0.717) is 5.95 Å². The molecule has 0 unspecified atom stereocenters. The van der Waals surface area contributed by atoms with E-state index in [1.165, 1.54) is 42.1 Å². The molecule has 0 amide bonds. The molecule has 0 spiro atoms. The Morgan fingerprint density at radius 3 is 2.10 bits per heavy atom. The third-order valence-corrected chi connectivity index (χ3v) is 9.14. The zero-order valence-corrected chi connectivity index (χ0v) is 22.2. The Hall–Kier alpha value is -5.06. The quantitative estimate of drug-likeness (QED) is 0.224. The van der Waals surface area contributed by atoms with Gasteiger partial charge in [-0.05, 0) is 41.3 Å². The van der Waals surface area contributed by atoms with Gasteiger partial charge in [-0.15, -0.1) is 11.3 Å². The maximum atomic E-state index is 5.41. The van der Waals surface area contributed by atoms with Gasteiger partial charge in [0.1, 0.15) is 0 Å². The van der Waals surface area contributed by atoms with E-state index in [4.69, 9.17) is 9.97 Å². The number of para-hydroxylation sites is 2. The van der Waals surface area contributed by atoms with Gasteiger partial charge in [-0.2, -0.15) is 0 Å². The standard InChI is InChI=1S/C36H21N3S/c1-4-17-28-25(13-1)35(27-16-9-21-32-34(27)26-14-3-6-20-31(26)40-32)38-36(37-28)39-29-18-5-2-12-23(29)24-15-7-10-22-11-8-19-30(39)33(22)24/h1-21H. The molecule has 1 aliphatic rings. The van der Waals surface area contributed by atoms with Gasteiger partial charge < -0.3 is 0 Å². The highest BCUT2D eigenvalue weighted by molar-refractivity contribution is 7.25. The van der Waals surface area contributed by atoms with Crippen molar-refractivity contribution in [2.24, 2.45) is 0 Å². The second-order valence-electron chi connectivity index (χ2n) is 10.2. The van der Waals surface area contributed by atoms with E-state index in [1.54, 1.807) is 0 Å². The molecular weight excluding hydrogens is 506 g/mol. The molecule has 2 aromatic heterocycles. The van der Waals surface area contributed by atoms with E-state index in [0.717, 1.165) is 33.5 Å². The molecule has 0 fully saturated rings. The maximum Gasteiger partial charge on any atom is 0.235 e. The van der Waals surface area contributed by atoms with Crippen LogP contribution >= 0.6 is 11.3 Å². The molecule has 3 heterocycles. The lowest BCUT2D eigenvalue weighted by Gasteiger charge is -2.32. The minimum Gasteiger partial charge on any atom is -0.278 e. The molecule has 40 heavy (non-hydrogen) atoms. The number of rotatable bonds is 2. The van der Waals surface area contributed by atoms with Crippen molar-refractivity contribution in [2.45, 2.75) is 0 Å². The van der Waals surface area contributed by atoms with E-state index in [-0.39, 0.29) is 0 Å². The second-order valence-corrected chi connectivity index (χ2v) is 11.3. The van der Waals surface area contributed by atoms with Gasteiger partial charge in [0.15, 0.2) is 0 Å². The van der Waals surface area contributed by atoms with Crippen molar-refractivity contribution in [3.05, 3.63) is 127 Å². The molecule has 0 N–H and O–H groups in total. The average Bonchev–Trinajstić information content (AvgIpc) is 3.40. The zero-order chi connectivity index (χ0) is 26.2. The number of benzene rings is 6. The molecule has 0 aliphatic carbocycles. The first-order valence-corrected chi connectivity index (χ1v) is 14.3. The summed E-state index contributed by atoms with van der Waals surface area (Å²) in [5.74, 6) is 0.680. The van der Waals surface area contributed by atoms with Crippen LogP contribution in [0.25, 0.3) is 64.2 Å². The monoisotopic (exact) mass is 527 g/mol. The Labute approximate surface area is 234 Å². The van der Waals surface area contributed by atoms with Crippen molar-refractivity contribution >= 4 is 70.5 Å². The van der Waals surface area contributed by atoms with Gasteiger partial charge in [0, 0.05) is 42.1 Å². The first-order valence-electron chi connectivity index (χ1n) is 13.4. The number of hydrogen-bond donors (Lipinski definition) is 0. The lowest BCUT2D eigenvalue weighted by molar-refractivity contribution is 1.11. The van der Waals surface area contributed by atoms with Gasteiger partial charge in [-0.3, -0.25) is 4.90 Å². The lowest BCUT2D eigenvalue weighted by atomic mass is 9.91. The Morgan fingerprint density at radius 1 is 0.475 bits per heavy atom. The van der Waals surface area contributed by atoms with Crippen LogP contribution in [0.5, 0.6) is 0 Å². The Morgan fingerprint density at radius 2 is 1.15 bits per heavy atom. The van der Waals surface area contributed by atoms with E-state index < -0.39 is 0 Å². The largest absolute Gasteiger partial charge is 0.278 e. The number of fused-ring (bicyclic) bond motifs is 6. The van der Waals surface area contributed by atoms with E-state index in [9.17, 15) is 0 Å². The van der Waals surface area contributed by atoms with Gasteiger partial charge in [0.05, 0.1) is 22.6 Å². The maximum absolute atomic E-state index is 5.41. The first kappa shape index (κ1) is 21.8. The summed E-state index contributed by atoms with van der Waals surface area (Å²) in [6.07, 6.45) is 0. The molecule has 0 atom stereocenters. The van der Waals surface area contributed by atoms with Crippen molar-refractivity contribution in [1.82, 2.24) is 9.97 Å². The van der Waals surface area contributed by atoms with Gasteiger partial charge >= 0.3 is 0 Å². The molecule has 9 rings (SSSR count). The highest BCUT2D eigenvalue weighted by atomic mass is 32.1. The molecule has 6 aromatic carbocycles. The van der Waals surface area contributed by atoms with Crippen LogP contribution < -0.4 is 4.90 Å². The fraction of sp³-hybridized carbons (Fsp3) is 0. The number of thiophene rings is 1. The summed E-state index contributed by atoms with van der Waals surface area (Å²) in [6.45, 7) is 0. The van der Waals surface area contributed by atoms with Crippen molar-refractivity contribution < 1.29 is 0 Å². The van der Waals surface area contributed by atoms with Crippen molar-refractivity contribution in [2.75, 3.05) is 4.90 Å². The summed E-state index contributed by atoms with van der Waals surface area (Å²) in [7, 11) is 0. The molecule has 3 nitrogen and oxygen atoms in total. The van der Waals surface area contributed by atoms with E-state index >= 15 is 0 Å². The Bertz CT molecular complexity index is 2290. The summed E-state index contributed by atoms with van der Waals surface area (Å²) < 4.78 is 2.56. The van der Waals surface area contributed by atoms with Crippen LogP contribution in [0.15, 0.2) is 127 Å². The number of aromatic nitrogens is 2. The van der Waals surface area contributed by atoms with E-state index in [2.05, 4.69) is 132 Å². The second kappa shape index (κ2) is 8.22. The molecule has 0 radical (unpaired) electrons. The molecule has 0 bridgehead atoms. The summed E-state index contributed by atoms with van der Waals surface area (Å²) in [5, 5.41) is 6.02. The van der Waals surface area contributed by atoms with Gasteiger partial charge in [0.25, 0.3) is 0 Å². The first-order chi connectivity index (χ1) is 19.8. The molecule has 8 aromatic rings. The van der Waals surface area contributed by atoms with Crippen molar-refractivity contribution in [1.29, 1.82) is 0 Å². The highest BCUT2D eigenvalue weighted by Gasteiger charge is 2.28. The van der Waals surface area contributed by atoms with Crippen LogP contribution in [0.1, 0.15) is 0 Å². The van der Waals surface area contributed by atoms with Gasteiger partial charge in [0.2, 0.25) is 5.95 Å². The molecule has 1 aliphatic heterocycles. The third-order valence-electron chi connectivity index (χ3n) is 8.01. The average molecular weight is 528 g/mol. The Balaban J connectivity index is 1.39. The van der Waals surface area contributed by atoms with Gasteiger partial charge in [-0.1, -0.05) is 97.1 Å². The third kappa shape index (κ3) is 2.99. The lowest BCUT2D eigenvalue weighted by Crippen LogP contribution is -2.18.